The van der Waals surface area contributed by atoms with Crippen LogP contribution >= 0.6 is 8.60 Å². The molecule has 0 aromatic heterocycles. The lowest BCUT2D eigenvalue weighted by atomic mass is 9.80. The standard InChI is InChI=1S/C51H61O5PS/c1-28(2)35-20-37-24-43(32(9)10)47(26-45(37)41(22-35)30(5)6)40-18-19-49(56-57(52)53)51(58(54,55)39-16-14-34(13)15-17-39)50(40)48-27-46-38(25-44(48)33(11)12)21-36(29(3)4)23-42(46)31(7)8/h14-33,52-53H,1-13H3. The van der Waals surface area contributed by atoms with E-state index in [2.05, 4.69) is 132 Å². The molecule has 58 heavy (non-hydrogen) atoms. The zero-order valence-corrected chi connectivity index (χ0v) is 38.2. The van der Waals surface area contributed by atoms with Crippen LogP contribution < -0.4 is 4.52 Å². The Morgan fingerprint density at radius 1 is 0.500 bits per heavy atom. The van der Waals surface area contributed by atoms with E-state index in [4.69, 9.17) is 4.52 Å². The highest BCUT2D eigenvalue weighted by Gasteiger charge is 2.33. The molecule has 0 unspecified atom stereocenters. The predicted octanol–water partition coefficient (Wildman–Crippen LogP) is 14.8. The molecule has 0 heterocycles. The third-order valence-corrected chi connectivity index (χ3v) is 13.8. The number of rotatable bonds is 12. The molecule has 0 spiro atoms. The van der Waals surface area contributed by atoms with Crippen molar-refractivity contribution in [3.05, 3.63) is 124 Å². The molecule has 2 N–H and O–H groups in total. The number of sulfone groups is 1. The fourth-order valence-electron chi connectivity index (χ4n) is 8.31. The van der Waals surface area contributed by atoms with Gasteiger partial charge in [-0.05, 0) is 150 Å². The second-order valence-corrected chi connectivity index (χ2v) is 20.5. The maximum Gasteiger partial charge on any atom is 0.391 e. The quantitative estimate of drug-likeness (QED) is 0.120. The first-order valence-electron chi connectivity index (χ1n) is 20.8. The Labute approximate surface area is 348 Å². The molecule has 0 atom stereocenters. The predicted molar refractivity (Wildman–Crippen MR) is 245 cm³/mol. The molecular formula is C51H61O5PS. The molecule has 0 saturated heterocycles. The van der Waals surface area contributed by atoms with Crippen LogP contribution in [0.4, 0.5) is 0 Å². The van der Waals surface area contributed by atoms with Crippen molar-refractivity contribution >= 4 is 40.0 Å². The van der Waals surface area contributed by atoms with Crippen molar-refractivity contribution in [3.8, 4) is 28.0 Å². The molecule has 5 nitrogen and oxygen atoms in total. The van der Waals surface area contributed by atoms with E-state index in [9.17, 15) is 9.79 Å². The van der Waals surface area contributed by atoms with Gasteiger partial charge in [-0.1, -0.05) is 137 Å². The zero-order chi connectivity index (χ0) is 42.5. The van der Waals surface area contributed by atoms with Gasteiger partial charge in [-0.25, -0.2) is 8.42 Å². The van der Waals surface area contributed by atoms with Gasteiger partial charge in [-0.15, -0.1) is 0 Å². The highest BCUT2D eigenvalue weighted by Crippen LogP contribution is 2.51. The average molecular weight is 817 g/mol. The number of benzene rings is 6. The minimum absolute atomic E-state index is 0.00735. The molecule has 0 bridgehead atoms. The molecule has 0 aliphatic carbocycles. The lowest BCUT2D eigenvalue weighted by molar-refractivity contribution is 0.371. The summed E-state index contributed by atoms with van der Waals surface area (Å²) in [5.74, 6) is 1.14. The Morgan fingerprint density at radius 2 is 0.948 bits per heavy atom. The number of aryl methyl sites for hydroxylation is 1. The molecule has 0 radical (unpaired) electrons. The fraction of sp³-hybridized carbons (Fsp3) is 0.373. The Morgan fingerprint density at radius 3 is 1.38 bits per heavy atom. The third kappa shape index (κ3) is 8.36. The van der Waals surface area contributed by atoms with Crippen LogP contribution in [0.3, 0.4) is 0 Å². The summed E-state index contributed by atoms with van der Waals surface area (Å²) < 4.78 is 36.6. The van der Waals surface area contributed by atoms with E-state index in [-0.39, 0.29) is 39.2 Å². The molecule has 0 amide bonds. The number of hydrogen-bond acceptors (Lipinski definition) is 5. The minimum atomic E-state index is -4.33. The van der Waals surface area contributed by atoms with Crippen LogP contribution in [0.15, 0.2) is 94.7 Å². The first kappa shape index (κ1) is 43.5. The summed E-state index contributed by atoms with van der Waals surface area (Å²) >= 11 is 0. The molecule has 7 heteroatoms. The van der Waals surface area contributed by atoms with E-state index in [1.54, 1.807) is 30.3 Å². The van der Waals surface area contributed by atoms with Gasteiger partial charge in [0.25, 0.3) is 0 Å². The van der Waals surface area contributed by atoms with Gasteiger partial charge in [0, 0.05) is 5.56 Å². The molecule has 6 rings (SSSR count). The van der Waals surface area contributed by atoms with E-state index in [0.717, 1.165) is 49.5 Å². The number of hydrogen-bond donors (Lipinski definition) is 2. The van der Waals surface area contributed by atoms with Crippen LogP contribution in [0.2, 0.25) is 0 Å². The Kier molecular flexibility index (Phi) is 12.7. The van der Waals surface area contributed by atoms with Gasteiger partial charge in [0.15, 0.2) is 0 Å². The molecule has 6 aromatic rings. The number of fused-ring (bicyclic) bond motifs is 2. The largest absolute Gasteiger partial charge is 0.426 e. The van der Waals surface area contributed by atoms with Crippen molar-refractivity contribution in [1.29, 1.82) is 0 Å². The highest BCUT2D eigenvalue weighted by atomic mass is 32.2. The van der Waals surface area contributed by atoms with Crippen molar-refractivity contribution in [2.24, 2.45) is 0 Å². The average Bonchev–Trinajstić information content (AvgIpc) is 3.15. The van der Waals surface area contributed by atoms with E-state index in [1.165, 1.54) is 27.6 Å². The monoisotopic (exact) mass is 816 g/mol. The molecule has 306 valence electrons. The molecule has 0 aliphatic rings. The van der Waals surface area contributed by atoms with Crippen LogP contribution in [0, 0.1) is 6.92 Å². The third-order valence-electron chi connectivity index (χ3n) is 11.6. The fourth-order valence-corrected chi connectivity index (χ4v) is 10.3. The summed E-state index contributed by atoms with van der Waals surface area (Å²) in [4.78, 5) is 20.8. The van der Waals surface area contributed by atoms with Crippen molar-refractivity contribution in [2.75, 3.05) is 0 Å². The Hall–Kier alpha value is -4.06. The topological polar surface area (TPSA) is 83.8 Å². The highest BCUT2D eigenvalue weighted by molar-refractivity contribution is 7.91. The van der Waals surface area contributed by atoms with Gasteiger partial charge < -0.3 is 14.3 Å². The summed E-state index contributed by atoms with van der Waals surface area (Å²) in [6.45, 7) is 28.3. The Balaban J connectivity index is 1.89. The van der Waals surface area contributed by atoms with Crippen molar-refractivity contribution < 1.29 is 22.7 Å². The van der Waals surface area contributed by atoms with Crippen LogP contribution in [-0.4, -0.2) is 18.2 Å². The summed E-state index contributed by atoms with van der Waals surface area (Å²) in [6.07, 6.45) is 0. The van der Waals surface area contributed by atoms with E-state index in [1.807, 2.05) is 13.0 Å². The van der Waals surface area contributed by atoms with Crippen LogP contribution in [-0.2, 0) is 9.84 Å². The summed E-state index contributed by atoms with van der Waals surface area (Å²) in [7, 11) is -7.29. The minimum Gasteiger partial charge on any atom is -0.426 e. The summed E-state index contributed by atoms with van der Waals surface area (Å²) in [5, 5.41) is 4.48. The van der Waals surface area contributed by atoms with Crippen LogP contribution in [0.1, 0.15) is 158 Å². The van der Waals surface area contributed by atoms with Gasteiger partial charge >= 0.3 is 8.60 Å². The molecule has 0 fully saturated rings. The van der Waals surface area contributed by atoms with Gasteiger partial charge in [0.1, 0.15) is 10.6 Å². The Bertz CT molecular complexity index is 2600. The zero-order valence-electron chi connectivity index (χ0n) is 36.5. The molecular weight excluding hydrogens is 756 g/mol. The maximum absolute atomic E-state index is 15.4. The SMILES string of the molecule is Cc1ccc(S(=O)(=O)c2c(OP(O)O)ccc(-c3cc4c(C(C)C)cc(C(C)C)cc4cc3C(C)C)c2-c2cc3c(C(C)C)cc(C(C)C)cc3cc2C(C)C)cc1. The summed E-state index contributed by atoms with van der Waals surface area (Å²) in [6, 6.07) is 28.5. The second kappa shape index (κ2) is 16.9. The summed E-state index contributed by atoms with van der Waals surface area (Å²) in [5.41, 5.74) is 11.0. The first-order valence-corrected chi connectivity index (χ1v) is 23.4. The van der Waals surface area contributed by atoms with Crippen LogP contribution in [0.5, 0.6) is 5.75 Å². The first-order chi connectivity index (χ1) is 27.2. The smallest absolute Gasteiger partial charge is 0.391 e. The van der Waals surface area contributed by atoms with Crippen molar-refractivity contribution in [3.63, 3.8) is 0 Å². The lowest BCUT2D eigenvalue weighted by Crippen LogP contribution is -2.10. The van der Waals surface area contributed by atoms with Crippen molar-refractivity contribution in [2.45, 2.75) is 135 Å². The normalized spacial score (nSPS) is 12.6. The van der Waals surface area contributed by atoms with Crippen LogP contribution in [0.25, 0.3) is 43.8 Å². The van der Waals surface area contributed by atoms with E-state index >= 15 is 8.42 Å². The molecule has 0 saturated carbocycles. The van der Waals surface area contributed by atoms with Gasteiger partial charge in [0.2, 0.25) is 9.84 Å². The maximum atomic E-state index is 15.4. The molecule has 0 aliphatic heterocycles. The molecule has 6 aromatic carbocycles. The lowest BCUT2D eigenvalue weighted by Gasteiger charge is -2.26. The second-order valence-electron chi connectivity index (χ2n) is 17.9. The van der Waals surface area contributed by atoms with Gasteiger partial charge in [-0.3, -0.25) is 0 Å². The van der Waals surface area contributed by atoms with E-state index < -0.39 is 18.4 Å². The van der Waals surface area contributed by atoms with E-state index in [0.29, 0.717) is 17.4 Å². The van der Waals surface area contributed by atoms with Gasteiger partial charge in [0.05, 0.1) is 4.90 Å². The van der Waals surface area contributed by atoms with Crippen molar-refractivity contribution in [1.82, 2.24) is 0 Å². The van der Waals surface area contributed by atoms with Gasteiger partial charge in [-0.2, -0.15) is 0 Å².